The molecular formula is C13H20BrN3. The molecule has 1 aliphatic rings. The van der Waals surface area contributed by atoms with Crippen LogP contribution in [0.25, 0.3) is 0 Å². The molecule has 3 nitrogen and oxygen atoms in total. The van der Waals surface area contributed by atoms with Crippen molar-refractivity contribution in [3.63, 3.8) is 0 Å². The number of hydrogen-bond donors (Lipinski definition) is 3. The van der Waals surface area contributed by atoms with Gasteiger partial charge in [-0.05, 0) is 37.1 Å². The van der Waals surface area contributed by atoms with Gasteiger partial charge in [-0.2, -0.15) is 0 Å². The molecule has 2 rings (SSSR count). The third-order valence-electron chi connectivity index (χ3n) is 3.07. The third-order valence-corrected chi connectivity index (χ3v) is 3.60. The molecule has 0 spiro atoms. The minimum absolute atomic E-state index is 0.427. The molecule has 17 heavy (non-hydrogen) atoms. The summed E-state index contributed by atoms with van der Waals surface area (Å²) in [6.07, 6.45) is 2.33. The topological polar surface area (TPSA) is 36.1 Å². The first kappa shape index (κ1) is 13.0. The average molecular weight is 298 g/mol. The smallest absolute Gasteiger partial charge is 0.0478 e. The van der Waals surface area contributed by atoms with Crippen LogP contribution < -0.4 is 16.2 Å². The van der Waals surface area contributed by atoms with Crippen molar-refractivity contribution < 1.29 is 0 Å². The van der Waals surface area contributed by atoms with Crippen LogP contribution in [0.2, 0.25) is 0 Å². The molecule has 0 bridgehead atoms. The normalized spacial score (nSPS) is 24.1. The molecule has 0 radical (unpaired) electrons. The number of nitrogens with one attached hydrogen (secondary N) is 3. The fourth-order valence-corrected chi connectivity index (χ4v) is 2.39. The number of halogens is 1. The van der Waals surface area contributed by atoms with Gasteiger partial charge >= 0.3 is 0 Å². The lowest BCUT2D eigenvalue weighted by molar-refractivity contribution is 0.505. The van der Waals surface area contributed by atoms with Crippen LogP contribution in [0.3, 0.4) is 0 Å². The highest BCUT2D eigenvalue weighted by Crippen LogP contribution is 2.23. The maximum Gasteiger partial charge on any atom is 0.0478 e. The zero-order valence-electron chi connectivity index (χ0n) is 10.2. The van der Waals surface area contributed by atoms with Crippen LogP contribution in [0.15, 0.2) is 28.7 Å². The molecule has 0 aliphatic carbocycles. The van der Waals surface area contributed by atoms with Gasteiger partial charge < -0.3 is 5.32 Å². The first-order valence-electron chi connectivity index (χ1n) is 6.27. The maximum atomic E-state index is 3.46. The third kappa shape index (κ3) is 3.78. The minimum Gasteiger partial charge on any atom is -0.315 e. The first-order chi connectivity index (χ1) is 8.29. The zero-order valence-corrected chi connectivity index (χ0v) is 11.8. The van der Waals surface area contributed by atoms with Gasteiger partial charge in [-0.15, -0.1) is 0 Å². The van der Waals surface area contributed by atoms with Crippen LogP contribution in [-0.4, -0.2) is 19.1 Å². The Labute approximate surface area is 111 Å². The van der Waals surface area contributed by atoms with Crippen LogP contribution in [-0.2, 0) is 0 Å². The van der Waals surface area contributed by atoms with E-state index in [1.165, 1.54) is 12.0 Å². The van der Waals surface area contributed by atoms with Gasteiger partial charge in [0.15, 0.2) is 0 Å². The SMILES string of the molecule is CCCNCC1CC(c2ccc(Br)cc2)NN1. The summed E-state index contributed by atoms with van der Waals surface area (Å²) in [5.41, 5.74) is 8.06. The van der Waals surface area contributed by atoms with Crippen molar-refractivity contribution in [1.82, 2.24) is 16.2 Å². The van der Waals surface area contributed by atoms with Crippen molar-refractivity contribution in [1.29, 1.82) is 0 Å². The first-order valence-corrected chi connectivity index (χ1v) is 7.06. The van der Waals surface area contributed by atoms with Gasteiger partial charge in [-0.1, -0.05) is 35.0 Å². The lowest BCUT2D eigenvalue weighted by Crippen LogP contribution is -2.38. The molecule has 0 saturated carbocycles. The van der Waals surface area contributed by atoms with Crippen molar-refractivity contribution in [2.75, 3.05) is 13.1 Å². The predicted octanol–water partition coefficient (Wildman–Crippen LogP) is 2.36. The summed E-state index contributed by atoms with van der Waals surface area (Å²) < 4.78 is 1.13. The van der Waals surface area contributed by atoms with E-state index in [2.05, 4.69) is 63.3 Å². The highest BCUT2D eigenvalue weighted by molar-refractivity contribution is 9.10. The van der Waals surface area contributed by atoms with E-state index in [1.54, 1.807) is 0 Å². The van der Waals surface area contributed by atoms with E-state index < -0.39 is 0 Å². The zero-order chi connectivity index (χ0) is 12.1. The molecule has 2 atom stereocenters. The molecule has 4 heteroatoms. The van der Waals surface area contributed by atoms with Gasteiger partial charge in [0.2, 0.25) is 0 Å². The van der Waals surface area contributed by atoms with Crippen LogP contribution >= 0.6 is 15.9 Å². The van der Waals surface area contributed by atoms with Crippen LogP contribution in [0.4, 0.5) is 0 Å². The average Bonchev–Trinajstić information content (AvgIpc) is 2.79. The Morgan fingerprint density at radius 3 is 2.76 bits per heavy atom. The second kappa shape index (κ2) is 6.50. The van der Waals surface area contributed by atoms with Crippen LogP contribution in [0.5, 0.6) is 0 Å². The van der Waals surface area contributed by atoms with Gasteiger partial charge in [0, 0.05) is 23.1 Å². The van der Waals surface area contributed by atoms with Gasteiger partial charge in [0.1, 0.15) is 0 Å². The summed E-state index contributed by atoms with van der Waals surface area (Å²) in [5.74, 6) is 0. The number of rotatable bonds is 5. The van der Waals surface area contributed by atoms with E-state index in [-0.39, 0.29) is 0 Å². The summed E-state index contributed by atoms with van der Waals surface area (Å²) in [7, 11) is 0. The lowest BCUT2D eigenvalue weighted by atomic mass is 10.0. The molecule has 1 heterocycles. The summed E-state index contributed by atoms with van der Waals surface area (Å²) in [4.78, 5) is 0. The number of hydrazine groups is 1. The Morgan fingerprint density at radius 1 is 1.29 bits per heavy atom. The number of hydrogen-bond acceptors (Lipinski definition) is 3. The molecular weight excluding hydrogens is 278 g/mol. The molecule has 1 aromatic carbocycles. The van der Waals surface area contributed by atoms with Crippen molar-refractivity contribution >= 4 is 15.9 Å². The van der Waals surface area contributed by atoms with Crippen molar-refractivity contribution in [2.45, 2.75) is 31.8 Å². The molecule has 0 aromatic heterocycles. The molecule has 0 amide bonds. The van der Waals surface area contributed by atoms with Crippen molar-refractivity contribution in [3.05, 3.63) is 34.3 Å². The highest BCUT2D eigenvalue weighted by Gasteiger charge is 2.24. The standard InChI is InChI=1S/C13H20BrN3/c1-2-7-15-9-12-8-13(17-16-12)10-3-5-11(14)6-4-10/h3-6,12-13,15-17H,2,7-9H2,1H3. The molecule has 1 fully saturated rings. The van der Waals surface area contributed by atoms with Gasteiger partial charge in [-0.25, -0.2) is 5.43 Å². The van der Waals surface area contributed by atoms with E-state index in [9.17, 15) is 0 Å². The van der Waals surface area contributed by atoms with Gasteiger partial charge in [-0.3, -0.25) is 5.43 Å². The lowest BCUT2D eigenvalue weighted by Gasteiger charge is -2.10. The molecule has 2 unspecified atom stereocenters. The maximum absolute atomic E-state index is 3.46. The quantitative estimate of drug-likeness (QED) is 0.730. The molecule has 1 aromatic rings. The Bertz CT molecular complexity index is 339. The van der Waals surface area contributed by atoms with Crippen LogP contribution in [0.1, 0.15) is 31.4 Å². The monoisotopic (exact) mass is 297 g/mol. The van der Waals surface area contributed by atoms with Crippen LogP contribution in [0, 0.1) is 0 Å². The van der Waals surface area contributed by atoms with E-state index in [0.717, 1.165) is 24.0 Å². The summed E-state index contributed by atoms with van der Waals surface area (Å²) in [6, 6.07) is 9.49. The van der Waals surface area contributed by atoms with Gasteiger partial charge in [0.25, 0.3) is 0 Å². The van der Waals surface area contributed by atoms with E-state index in [4.69, 9.17) is 0 Å². The Morgan fingerprint density at radius 2 is 2.06 bits per heavy atom. The fourth-order valence-electron chi connectivity index (χ4n) is 2.12. The predicted molar refractivity (Wildman–Crippen MR) is 74.7 cm³/mol. The Kier molecular flexibility index (Phi) is 4.98. The molecule has 94 valence electrons. The molecule has 3 N–H and O–H groups in total. The highest BCUT2D eigenvalue weighted by atomic mass is 79.9. The van der Waals surface area contributed by atoms with Gasteiger partial charge in [0.05, 0.1) is 0 Å². The summed E-state index contributed by atoms with van der Waals surface area (Å²) in [6.45, 7) is 4.33. The van der Waals surface area contributed by atoms with Crippen molar-refractivity contribution in [2.24, 2.45) is 0 Å². The molecule has 1 saturated heterocycles. The second-order valence-electron chi connectivity index (χ2n) is 4.53. The Hall–Kier alpha value is -0.420. The van der Waals surface area contributed by atoms with E-state index >= 15 is 0 Å². The van der Waals surface area contributed by atoms with E-state index in [1.807, 2.05) is 0 Å². The van der Waals surface area contributed by atoms with E-state index in [0.29, 0.717) is 12.1 Å². The Balaban J connectivity index is 1.83. The minimum atomic E-state index is 0.427. The summed E-state index contributed by atoms with van der Waals surface area (Å²) >= 11 is 3.46. The van der Waals surface area contributed by atoms with Crippen molar-refractivity contribution in [3.8, 4) is 0 Å². The molecule has 1 aliphatic heterocycles. The number of benzene rings is 1. The summed E-state index contributed by atoms with van der Waals surface area (Å²) in [5, 5.41) is 3.45. The second-order valence-corrected chi connectivity index (χ2v) is 5.45. The fraction of sp³-hybridized carbons (Fsp3) is 0.538. The largest absolute Gasteiger partial charge is 0.315 e.